The third-order valence-corrected chi connectivity index (χ3v) is 3.65. The van der Waals surface area contributed by atoms with Crippen molar-refractivity contribution in [2.24, 2.45) is 10.9 Å². The van der Waals surface area contributed by atoms with Gasteiger partial charge in [0.25, 0.3) is 0 Å². The lowest BCUT2D eigenvalue weighted by Gasteiger charge is -2.20. The summed E-state index contributed by atoms with van der Waals surface area (Å²) in [6, 6.07) is 10.5. The maximum absolute atomic E-state index is 5.95. The van der Waals surface area contributed by atoms with Crippen molar-refractivity contribution in [2.75, 3.05) is 13.6 Å². The van der Waals surface area contributed by atoms with Crippen LogP contribution in [-0.2, 0) is 0 Å². The van der Waals surface area contributed by atoms with Crippen LogP contribution in [0, 0.1) is 5.92 Å². The van der Waals surface area contributed by atoms with Crippen LogP contribution in [0.1, 0.15) is 26.7 Å². The number of nitrogens with zero attached hydrogens (tertiary/aromatic N) is 1. The molecular weight excluding hydrogens is 250 g/mol. The van der Waals surface area contributed by atoms with Gasteiger partial charge >= 0.3 is 0 Å². The Morgan fingerprint density at radius 2 is 2.10 bits per heavy atom. The minimum atomic E-state index is 0.146. The first kappa shape index (κ1) is 14.7. The second-order valence-electron chi connectivity index (χ2n) is 5.38. The van der Waals surface area contributed by atoms with Crippen LogP contribution in [0.5, 0.6) is 5.75 Å². The van der Waals surface area contributed by atoms with E-state index in [0.29, 0.717) is 6.04 Å². The molecule has 0 saturated heterocycles. The first-order chi connectivity index (χ1) is 9.72. The lowest BCUT2D eigenvalue weighted by atomic mass is 10.2. The fraction of sp³-hybridized carbons (Fsp3) is 0.562. The first-order valence-electron chi connectivity index (χ1n) is 7.41. The molecule has 1 fully saturated rings. The molecule has 1 aromatic rings. The zero-order valence-electron chi connectivity index (χ0n) is 12.6. The quantitative estimate of drug-likeness (QED) is 0.619. The van der Waals surface area contributed by atoms with Crippen molar-refractivity contribution >= 4 is 5.96 Å². The maximum atomic E-state index is 5.95. The van der Waals surface area contributed by atoms with Gasteiger partial charge in [0.15, 0.2) is 5.96 Å². The summed E-state index contributed by atoms with van der Waals surface area (Å²) in [6.07, 6.45) is 2.34. The molecule has 0 heterocycles. The summed E-state index contributed by atoms with van der Waals surface area (Å²) in [7, 11) is 1.81. The van der Waals surface area contributed by atoms with Crippen LogP contribution in [0.2, 0.25) is 0 Å². The fourth-order valence-corrected chi connectivity index (χ4v) is 2.06. The molecule has 0 aromatic heterocycles. The minimum Gasteiger partial charge on any atom is -0.489 e. The number of aliphatic imine (C=N–C) groups is 1. The predicted octanol–water partition coefficient (Wildman–Crippen LogP) is 2.42. The zero-order valence-corrected chi connectivity index (χ0v) is 12.6. The maximum Gasteiger partial charge on any atom is 0.191 e. The van der Waals surface area contributed by atoms with E-state index in [1.807, 2.05) is 30.3 Å². The average molecular weight is 275 g/mol. The van der Waals surface area contributed by atoms with E-state index in [2.05, 4.69) is 29.5 Å². The Morgan fingerprint density at radius 1 is 1.40 bits per heavy atom. The van der Waals surface area contributed by atoms with Crippen LogP contribution in [0.15, 0.2) is 35.3 Å². The summed E-state index contributed by atoms with van der Waals surface area (Å²) in [5, 5.41) is 6.76. The van der Waals surface area contributed by atoms with E-state index in [4.69, 9.17) is 4.74 Å². The molecule has 0 amide bonds. The largest absolute Gasteiger partial charge is 0.489 e. The number of nitrogens with one attached hydrogen (secondary N) is 2. The summed E-state index contributed by atoms with van der Waals surface area (Å²) < 4.78 is 5.95. The lowest BCUT2D eigenvalue weighted by molar-refractivity contribution is 0.199. The fourth-order valence-electron chi connectivity index (χ4n) is 2.06. The van der Waals surface area contributed by atoms with Gasteiger partial charge in [0, 0.05) is 13.1 Å². The van der Waals surface area contributed by atoms with Gasteiger partial charge in [-0.3, -0.25) is 4.99 Å². The van der Waals surface area contributed by atoms with Crippen molar-refractivity contribution in [3.05, 3.63) is 30.3 Å². The summed E-state index contributed by atoms with van der Waals surface area (Å²) in [5.74, 6) is 2.55. The van der Waals surface area contributed by atoms with Crippen molar-refractivity contribution in [1.29, 1.82) is 0 Å². The third kappa shape index (κ3) is 4.44. The molecule has 2 N–H and O–H groups in total. The molecule has 110 valence electrons. The van der Waals surface area contributed by atoms with E-state index in [1.54, 1.807) is 7.05 Å². The molecule has 4 nitrogen and oxygen atoms in total. The number of ether oxygens (including phenoxy) is 1. The third-order valence-electron chi connectivity index (χ3n) is 3.65. The van der Waals surface area contributed by atoms with Crippen LogP contribution in [0.4, 0.5) is 0 Å². The topological polar surface area (TPSA) is 45.7 Å². The van der Waals surface area contributed by atoms with Crippen LogP contribution < -0.4 is 15.4 Å². The van der Waals surface area contributed by atoms with Gasteiger partial charge < -0.3 is 15.4 Å². The molecule has 0 radical (unpaired) electrons. The van der Waals surface area contributed by atoms with Gasteiger partial charge in [0.1, 0.15) is 11.9 Å². The second kappa shape index (κ2) is 7.17. The standard InChI is InChI=1S/C16H25N3O/c1-4-13(20-14-8-6-5-7-9-14)11-18-16(17-3)19-15-10-12(15)2/h5-9,12-13,15H,4,10-11H2,1-3H3,(H2,17,18,19). The Kier molecular flexibility index (Phi) is 5.27. The highest BCUT2D eigenvalue weighted by atomic mass is 16.5. The highest BCUT2D eigenvalue weighted by Gasteiger charge is 2.33. The highest BCUT2D eigenvalue weighted by Crippen LogP contribution is 2.28. The molecule has 2 rings (SSSR count). The molecule has 1 aliphatic rings. The number of hydrogen-bond donors (Lipinski definition) is 2. The van der Waals surface area contributed by atoms with Crippen LogP contribution in [0.3, 0.4) is 0 Å². The van der Waals surface area contributed by atoms with E-state index < -0.39 is 0 Å². The molecule has 3 atom stereocenters. The molecule has 4 heteroatoms. The van der Waals surface area contributed by atoms with Gasteiger partial charge in [0.2, 0.25) is 0 Å². The Labute approximate surface area is 121 Å². The van der Waals surface area contributed by atoms with Crippen LogP contribution in [-0.4, -0.2) is 31.7 Å². The van der Waals surface area contributed by atoms with E-state index in [1.165, 1.54) is 6.42 Å². The monoisotopic (exact) mass is 275 g/mol. The highest BCUT2D eigenvalue weighted by molar-refractivity contribution is 5.80. The van der Waals surface area contributed by atoms with Crippen LogP contribution in [0.25, 0.3) is 0 Å². The average Bonchev–Trinajstić information content (AvgIpc) is 3.18. The normalized spacial score (nSPS) is 23.1. The summed E-state index contributed by atoms with van der Waals surface area (Å²) >= 11 is 0. The van der Waals surface area contributed by atoms with Gasteiger partial charge in [-0.1, -0.05) is 32.0 Å². The minimum absolute atomic E-state index is 0.146. The number of rotatable bonds is 6. The van der Waals surface area contributed by atoms with E-state index in [0.717, 1.165) is 30.6 Å². The Morgan fingerprint density at radius 3 is 2.65 bits per heavy atom. The molecule has 3 unspecified atom stereocenters. The zero-order chi connectivity index (χ0) is 14.4. The number of guanidine groups is 1. The van der Waals surface area contributed by atoms with Crippen molar-refractivity contribution in [3.8, 4) is 5.75 Å². The van der Waals surface area contributed by atoms with E-state index in [9.17, 15) is 0 Å². The molecular formula is C16H25N3O. The Bertz CT molecular complexity index is 433. The van der Waals surface area contributed by atoms with Gasteiger partial charge in [-0.2, -0.15) is 0 Å². The molecule has 1 aromatic carbocycles. The van der Waals surface area contributed by atoms with Gasteiger partial charge in [0.05, 0.1) is 6.54 Å². The van der Waals surface area contributed by atoms with E-state index in [-0.39, 0.29) is 6.10 Å². The summed E-state index contributed by atoms with van der Waals surface area (Å²) in [6.45, 7) is 5.14. The lowest BCUT2D eigenvalue weighted by Crippen LogP contribution is -2.43. The van der Waals surface area contributed by atoms with Crippen molar-refractivity contribution in [2.45, 2.75) is 38.8 Å². The van der Waals surface area contributed by atoms with E-state index >= 15 is 0 Å². The van der Waals surface area contributed by atoms with Crippen molar-refractivity contribution in [1.82, 2.24) is 10.6 Å². The summed E-state index contributed by atoms with van der Waals surface area (Å²) in [4.78, 5) is 4.25. The molecule has 0 aliphatic heterocycles. The number of benzene rings is 1. The van der Waals surface area contributed by atoms with Crippen molar-refractivity contribution in [3.63, 3.8) is 0 Å². The van der Waals surface area contributed by atoms with Gasteiger partial charge in [-0.05, 0) is 30.9 Å². The molecule has 0 bridgehead atoms. The van der Waals surface area contributed by atoms with Crippen molar-refractivity contribution < 1.29 is 4.74 Å². The van der Waals surface area contributed by atoms with Crippen LogP contribution >= 0.6 is 0 Å². The predicted molar refractivity (Wildman–Crippen MR) is 83.2 cm³/mol. The smallest absolute Gasteiger partial charge is 0.191 e. The summed E-state index contributed by atoms with van der Waals surface area (Å²) in [5.41, 5.74) is 0. The Balaban J connectivity index is 1.77. The molecule has 20 heavy (non-hydrogen) atoms. The number of para-hydroxylation sites is 1. The number of hydrogen-bond acceptors (Lipinski definition) is 2. The second-order valence-corrected chi connectivity index (χ2v) is 5.38. The van der Waals surface area contributed by atoms with Gasteiger partial charge in [-0.25, -0.2) is 0 Å². The molecule has 1 saturated carbocycles. The molecule has 0 spiro atoms. The van der Waals surface area contributed by atoms with Gasteiger partial charge in [-0.15, -0.1) is 0 Å². The first-order valence-corrected chi connectivity index (χ1v) is 7.41. The Hall–Kier alpha value is -1.71. The SMILES string of the molecule is CCC(CNC(=NC)NC1CC1C)Oc1ccccc1. The molecule has 1 aliphatic carbocycles.